The lowest BCUT2D eigenvalue weighted by molar-refractivity contribution is 0.121. The molecular formula is C8H13NO2. The highest BCUT2D eigenvalue weighted by Gasteiger charge is 2.13. The summed E-state index contributed by atoms with van der Waals surface area (Å²) in [7, 11) is 0. The maximum Gasteiger partial charge on any atom is 0.405 e. The Hall–Kier alpha value is -0.990. The van der Waals surface area contributed by atoms with Crippen LogP contribution < -0.4 is 5.73 Å². The molecule has 11 heavy (non-hydrogen) atoms. The molecule has 1 amide bonds. The molecule has 0 saturated heterocycles. The molecule has 0 spiro atoms. The third-order valence-electron chi connectivity index (χ3n) is 1.80. The summed E-state index contributed by atoms with van der Waals surface area (Å²) < 4.78 is 4.82. The number of ether oxygens (including phenoxy) is 1. The van der Waals surface area contributed by atoms with E-state index in [1.165, 1.54) is 5.57 Å². The molecule has 0 aromatic heterocycles. The minimum absolute atomic E-state index is 0.0822. The summed E-state index contributed by atoms with van der Waals surface area (Å²) >= 11 is 0. The number of primary amides is 1. The highest BCUT2D eigenvalue weighted by Crippen LogP contribution is 2.19. The summed E-state index contributed by atoms with van der Waals surface area (Å²) in [6.45, 7) is 2.04. The first-order valence-electron chi connectivity index (χ1n) is 3.82. The minimum Gasteiger partial charge on any atom is -0.442 e. The standard InChI is InChI=1S/C8H13NO2/c1-6-3-2-4-7(5-6)11-8(9)10/h5,7H,2-4H2,1H3,(H2,9,10). The van der Waals surface area contributed by atoms with E-state index < -0.39 is 6.09 Å². The van der Waals surface area contributed by atoms with Crippen molar-refractivity contribution in [2.45, 2.75) is 32.3 Å². The third kappa shape index (κ3) is 2.62. The summed E-state index contributed by atoms with van der Waals surface area (Å²) in [5.74, 6) is 0. The van der Waals surface area contributed by atoms with E-state index in [2.05, 4.69) is 0 Å². The topological polar surface area (TPSA) is 52.3 Å². The smallest absolute Gasteiger partial charge is 0.405 e. The Bertz CT molecular complexity index is 187. The highest BCUT2D eigenvalue weighted by molar-refractivity contribution is 5.65. The summed E-state index contributed by atoms with van der Waals surface area (Å²) in [6.07, 6.45) is 4.30. The minimum atomic E-state index is -0.680. The van der Waals surface area contributed by atoms with Crippen LogP contribution in [-0.4, -0.2) is 12.2 Å². The first-order chi connectivity index (χ1) is 5.18. The molecule has 0 aliphatic heterocycles. The number of hydrogen-bond donors (Lipinski definition) is 1. The van der Waals surface area contributed by atoms with Crippen molar-refractivity contribution in [3.8, 4) is 0 Å². The van der Waals surface area contributed by atoms with Crippen molar-refractivity contribution in [1.29, 1.82) is 0 Å². The van der Waals surface area contributed by atoms with Gasteiger partial charge < -0.3 is 10.5 Å². The first kappa shape index (κ1) is 8.11. The molecule has 62 valence electrons. The van der Waals surface area contributed by atoms with E-state index in [9.17, 15) is 4.79 Å². The maximum absolute atomic E-state index is 10.3. The molecule has 0 bridgehead atoms. The summed E-state index contributed by atoms with van der Waals surface area (Å²) in [5.41, 5.74) is 6.16. The fourth-order valence-corrected chi connectivity index (χ4v) is 1.31. The van der Waals surface area contributed by atoms with Gasteiger partial charge in [-0.15, -0.1) is 0 Å². The Morgan fingerprint density at radius 3 is 3.09 bits per heavy atom. The van der Waals surface area contributed by atoms with Crippen LogP contribution in [0, 0.1) is 0 Å². The summed E-state index contributed by atoms with van der Waals surface area (Å²) in [4.78, 5) is 10.3. The highest BCUT2D eigenvalue weighted by atomic mass is 16.6. The largest absolute Gasteiger partial charge is 0.442 e. The number of rotatable bonds is 1. The SMILES string of the molecule is CC1=CC(OC(N)=O)CCC1. The van der Waals surface area contributed by atoms with E-state index in [0.717, 1.165) is 19.3 Å². The molecule has 1 unspecified atom stereocenters. The summed E-state index contributed by atoms with van der Waals surface area (Å²) in [5, 5.41) is 0. The number of carbonyl (C=O) groups is 1. The normalized spacial score (nSPS) is 24.1. The van der Waals surface area contributed by atoms with Crippen molar-refractivity contribution in [3.05, 3.63) is 11.6 Å². The van der Waals surface area contributed by atoms with Gasteiger partial charge in [0.1, 0.15) is 6.10 Å². The number of nitrogens with two attached hydrogens (primary N) is 1. The molecule has 0 saturated carbocycles. The van der Waals surface area contributed by atoms with Crippen LogP contribution in [0.1, 0.15) is 26.2 Å². The van der Waals surface area contributed by atoms with Crippen LogP contribution in [0.4, 0.5) is 4.79 Å². The lowest BCUT2D eigenvalue weighted by atomic mass is 9.99. The van der Waals surface area contributed by atoms with Gasteiger partial charge in [0.25, 0.3) is 0 Å². The molecule has 2 N–H and O–H groups in total. The van der Waals surface area contributed by atoms with E-state index in [0.29, 0.717) is 0 Å². The van der Waals surface area contributed by atoms with Gasteiger partial charge in [-0.3, -0.25) is 0 Å². The van der Waals surface area contributed by atoms with Gasteiger partial charge in [-0.1, -0.05) is 5.57 Å². The van der Waals surface area contributed by atoms with Crippen molar-refractivity contribution >= 4 is 6.09 Å². The number of amides is 1. The van der Waals surface area contributed by atoms with Crippen LogP contribution in [0.25, 0.3) is 0 Å². The van der Waals surface area contributed by atoms with Crippen LogP contribution in [0.2, 0.25) is 0 Å². The van der Waals surface area contributed by atoms with Crippen LogP contribution in [0.3, 0.4) is 0 Å². The average Bonchev–Trinajstić information content (AvgIpc) is 1.85. The number of hydrogen-bond acceptors (Lipinski definition) is 2. The molecule has 3 heteroatoms. The fraction of sp³-hybridized carbons (Fsp3) is 0.625. The fourth-order valence-electron chi connectivity index (χ4n) is 1.31. The molecule has 0 aromatic carbocycles. The lowest BCUT2D eigenvalue weighted by Crippen LogP contribution is -2.22. The second-order valence-electron chi connectivity index (χ2n) is 2.88. The Morgan fingerprint density at radius 2 is 2.55 bits per heavy atom. The van der Waals surface area contributed by atoms with Crippen LogP contribution >= 0.6 is 0 Å². The molecule has 0 aromatic rings. The van der Waals surface area contributed by atoms with Crippen LogP contribution in [-0.2, 0) is 4.74 Å². The van der Waals surface area contributed by atoms with Gasteiger partial charge in [0.2, 0.25) is 0 Å². The van der Waals surface area contributed by atoms with E-state index >= 15 is 0 Å². The van der Waals surface area contributed by atoms with Crippen molar-refractivity contribution in [3.63, 3.8) is 0 Å². The predicted molar refractivity (Wildman–Crippen MR) is 42.1 cm³/mol. The van der Waals surface area contributed by atoms with Crippen molar-refractivity contribution < 1.29 is 9.53 Å². The zero-order chi connectivity index (χ0) is 8.27. The molecule has 1 aliphatic carbocycles. The van der Waals surface area contributed by atoms with Gasteiger partial charge in [0.15, 0.2) is 0 Å². The van der Waals surface area contributed by atoms with E-state index in [1.807, 2.05) is 13.0 Å². The number of carbonyl (C=O) groups excluding carboxylic acids is 1. The molecule has 0 fully saturated rings. The monoisotopic (exact) mass is 155 g/mol. The van der Waals surface area contributed by atoms with Gasteiger partial charge in [-0.2, -0.15) is 0 Å². The lowest BCUT2D eigenvalue weighted by Gasteiger charge is -2.18. The van der Waals surface area contributed by atoms with E-state index in [1.54, 1.807) is 0 Å². The Kier molecular flexibility index (Phi) is 2.52. The molecule has 0 radical (unpaired) electrons. The van der Waals surface area contributed by atoms with Crippen LogP contribution in [0.5, 0.6) is 0 Å². The molecule has 1 rings (SSSR count). The van der Waals surface area contributed by atoms with Crippen molar-refractivity contribution in [2.75, 3.05) is 0 Å². The van der Waals surface area contributed by atoms with Gasteiger partial charge in [-0.05, 0) is 32.3 Å². The van der Waals surface area contributed by atoms with Gasteiger partial charge in [0.05, 0.1) is 0 Å². The van der Waals surface area contributed by atoms with Crippen LogP contribution in [0.15, 0.2) is 11.6 Å². The van der Waals surface area contributed by atoms with Gasteiger partial charge in [0, 0.05) is 0 Å². The molecule has 0 heterocycles. The van der Waals surface area contributed by atoms with Crippen molar-refractivity contribution in [1.82, 2.24) is 0 Å². The first-order valence-corrected chi connectivity index (χ1v) is 3.82. The van der Waals surface area contributed by atoms with Gasteiger partial charge in [-0.25, -0.2) is 4.79 Å². The second kappa shape index (κ2) is 3.42. The van der Waals surface area contributed by atoms with E-state index in [4.69, 9.17) is 10.5 Å². The van der Waals surface area contributed by atoms with Gasteiger partial charge >= 0.3 is 6.09 Å². The Balaban J connectivity index is 2.46. The average molecular weight is 155 g/mol. The van der Waals surface area contributed by atoms with E-state index in [-0.39, 0.29) is 6.10 Å². The van der Waals surface area contributed by atoms with Crippen molar-refractivity contribution in [2.24, 2.45) is 5.73 Å². The quantitative estimate of drug-likeness (QED) is 0.584. The third-order valence-corrected chi connectivity index (χ3v) is 1.80. The summed E-state index contributed by atoms with van der Waals surface area (Å²) in [6, 6.07) is 0. The Morgan fingerprint density at radius 1 is 1.82 bits per heavy atom. The zero-order valence-electron chi connectivity index (χ0n) is 6.67. The molecular weight excluding hydrogens is 142 g/mol. The maximum atomic E-state index is 10.3. The Labute approximate surface area is 66.2 Å². The molecule has 1 atom stereocenters. The number of allylic oxidation sites excluding steroid dienone is 1. The molecule has 3 nitrogen and oxygen atoms in total. The molecule has 1 aliphatic rings. The zero-order valence-corrected chi connectivity index (χ0v) is 6.67. The predicted octanol–water partition coefficient (Wildman–Crippen LogP) is 1.58. The second-order valence-corrected chi connectivity index (χ2v) is 2.88.